The van der Waals surface area contributed by atoms with Crippen molar-refractivity contribution in [1.29, 1.82) is 0 Å². The molecule has 0 aliphatic carbocycles. The average Bonchev–Trinajstić information content (AvgIpc) is 2.89. The second-order valence-corrected chi connectivity index (χ2v) is 5.64. The van der Waals surface area contributed by atoms with E-state index in [1.807, 2.05) is 6.07 Å². The van der Waals surface area contributed by atoms with Gasteiger partial charge in [-0.3, -0.25) is 11.3 Å². The van der Waals surface area contributed by atoms with Crippen molar-refractivity contribution < 1.29 is 9.47 Å². The third-order valence-electron chi connectivity index (χ3n) is 4.41. The van der Waals surface area contributed by atoms with Crippen LogP contribution in [0.25, 0.3) is 0 Å². The van der Waals surface area contributed by atoms with Gasteiger partial charge >= 0.3 is 0 Å². The van der Waals surface area contributed by atoms with Gasteiger partial charge in [-0.2, -0.15) is 0 Å². The molecule has 3 unspecified atom stereocenters. The van der Waals surface area contributed by atoms with Crippen molar-refractivity contribution in [3.05, 3.63) is 35.9 Å². The van der Waals surface area contributed by atoms with E-state index in [0.717, 1.165) is 39.1 Å². The van der Waals surface area contributed by atoms with Crippen LogP contribution >= 0.6 is 0 Å². The molecule has 3 atom stereocenters. The maximum Gasteiger partial charge on any atom is 0.0940 e. The molecule has 4 heteroatoms. The molecular formula is C15H22N2O2. The van der Waals surface area contributed by atoms with Gasteiger partial charge in [-0.25, -0.2) is 0 Å². The fourth-order valence-electron chi connectivity index (χ4n) is 3.38. The van der Waals surface area contributed by atoms with Crippen LogP contribution in [-0.4, -0.2) is 25.4 Å². The molecule has 2 saturated heterocycles. The Morgan fingerprint density at radius 3 is 2.79 bits per heavy atom. The second kappa shape index (κ2) is 5.59. The molecule has 1 aromatic carbocycles. The lowest BCUT2D eigenvalue weighted by Crippen LogP contribution is -2.45. The summed E-state index contributed by atoms with van der Waals surface area (Å²) < 4.78 is 11.5. The van der Waals surface area contributed by atoms with E-state index >= 15 is 0 Å². The smallest absolute Gasteiger partial charge is 0.0940 e. The summed E-state index contributed by atoms with van der Waals surface area (Å²) in [5.74, 6) is 6.30. The Morgan fingerprint density at radius 1 is 1.26 bits per heavy atom. The van der Waals surface area contributed by atoms with Crippen molar-refractivity contribution in [2.45, 2.75) is 30.9 Å². The predicted molar refractivity (Wildman–Crippen MR) is 73.3 cm³/mol. The predicted octanol–water partition coefficient (Wildman–Crippen LogP) is 1.78. The number of rotatable bonds is 3. The highest BCUT2D eigenvalue weighted by Crippen LogP contribution is 2.40. The fourth-order valence-corrected chi connectivity index (χ4v) is 3.38. The van der Waals surface area contributed by atoms with Crippen molar-refractivity contribution in [1.82, 2.24) is 5.43 Å². The molecule has 3 rings (SSSR count). The van der Waals surface area contributed by atoms with Crippen LogP contribution in [0.4, 0.5) is 0 Å². The minimum absolute atomic E-state index is 0.0627. The van der Waals surface area contributed by atoms with E-state index in [9.17, 15) is 0 Å². The number of nitrogens with one attached hydrogen (secondary N) is 1. The molecule has 0 amide bonds. The molecular weight excluding hydrogens is 240 g/mol. The van der Waals surface area contributed by atoms with Crippen molar-refractivity contribution in [2.24, 2.45) is 11.8 Å². The molecule has 104 valence electrons. The Kier molecular flexibility index (Phi) is 3.84. The highest BCUT2D eigenvalue weighted by molar-refractivity contribution is 5.20. The molecule has 2 fully saturated rings. The van der Waals surface area contributed by atoms with E-state index in [-0.39, 0.29) is 11.6 Å². The highest BCUT2D eigenvalue weighted by Gasteiger charge is 2.43. The molecule has 3 N–H and O–H groups in total. The van der Waals surface area contributed by atoms with Crippen LogP contribution in [0, 0.1) is 5.92 Å². The maximum absolute atomic E-state index is 5.99. The molecule has 0 bridgehead atoms. The van der Waals surface area contributed by atoms with Crippen LogP contribution in [-0.2, 0) is 9.47 Å². The Bertz CT molecular complexity index is 404. The minimum Gasteiger partial charge on any atom is -0.378 e. The van der Waals surface area contributed by atoms with Crippen LogP contribution in [0.5, 0.6) is 0 Å². The molecule has 19 heavy (non-hydrogen) atoms. The normalized spacial score (nSPS) is 32.6. The van der Waals surface area contributed by atoms with Crippen LogP contribution in [0.15, 0.2) is 30.3 Å². The standard InChI is InChI=1S/C15H22N2O2/c16-17-14(12-4-2-1-3-5-12)13-6-8-19-15(10-13)7-9-18-11-15/h1-5,13-14,17H,6-11,16H2. The molecule has 0 aromatic heterocycles. The number of hydrazine groups is 1. The largest absolute Gasteiger partial charge is 0.378 e. The number of nitrogens with two attached hydrogens (primary N) is 1. The number of ether oxygens (including phenoxy) is 2. The van der Waals surface area contributed by atoms with Crippen molar-refractivity contribution in [2.75, 3.05) is 19.8 Å². The summed E-state index contributed by atoms with van der Waals surface area (Å²) >= 11 is 0. The van der Waals surface area contributed by atoms with Crippen molar-refractivity contribution >= 4 is 0 Å². The van der Waals surface area contributed by atoms with Gasteiger partial charge in [-0.15, -0.1) is 0 Å². The lowest BCUT2D eigenvalue weighted by molar-refractivity contribution is -0.103. The first kappa shape index (κ1) is 13.1. The zero-order valence-corrected chi connectivity index (χ0v) is 11.2. The van der Waals surface area contributed by atoms with Crippen LogP contribution in [0.2, 0.25) is 0 Å². The first-order chi connectivity index (χ1) is 9.33. The third-order valence-corrected chi connectivity index (χ3v) is 4.41. The van der Waals surface area contributed by atoms with E-state index in [1.165, 1.54) is 5.56 Å². The fraction of sp³-hybridized carbons (Fsp3) is 0.600. The van der Waals surface area contributed by atoms with Gasteiger partial charge in [0.05, 0.1) is 12.2 Å². The third kappa shape index (κ3) is 2.67. The summed E-state index contributed by atoms with van der Waals surface area (Å²) in [6, 6.07) is 10.6. The number of hydrogen-bond acceptors (Lipinski definition) is 4. The van der Waals surface area contributed by atoms with E-state index in [0.29, 0.717) is 5.92 Å². The van der Waals surface area contributed by atoms with E-state index in [2.05, 4.69) is 29.7 Å². The van der Waals surface area contributed by atoms with Crippen LogP contribution < -0.4 is 11.3 Å². The Hall–Kier alpha value is -0.940. The SMILES string of the molecule is NNC(c1ccccc1)C1CCOC2(CCOC2)C1. The van der Waals surface area contributed by atoms with Gasteiger partial charge in [0.25, 0.3) is 0 Å². The van der Waals surface area contributed by atoms with Gasteiger partial charge in [-0.05, 0) is 24.3 Å². The topological polar surface area (TPSA) is 56.5 Å². The Morgan fingerprint density at radius 2 is 2.11 bits per heavy atom. The molecule has 0 radical (unpaired) electrons. The van der Waals surface area contributed by atoms with Crippen LogP contribution in [0.1, 0.15) is 30.9 Å². The summed E-state index contributed by atoms with van der Waals surface area (Å²) in [4.78, 5) is 0. The minimum atomic E-state index is -0.0627. The van der Waals surface area contributed by atoms with Crippen molar-refractivity contribution in [3.63, 3.8) is 0 Å². The molecule has 2 heterocycles. The second-order valence-electron chi connectivity index (χ2n) is 5.64. The lowest BCUT2D eigenvalue weighted by atomic mass is 9.79. The lowest BCUT2D eigenvalue weighted by Gasteiger charge is -2.40. The zero-order chi connectivity index (χ0) is 13.1. The number of hydrogen-bond donors (Lipinski definition) is 2. The monoisotopic (exact) mass is 262 g/mol. The quantitative estimate of drug-likeness (QED) is 0.644. The molecule has 2 aliphatic heterocycles. The van der Waals surface area contributed by atoms with Crippen LogP contribution in [0.3, 0.4) is 0 Å². The summed E-state index contributed by atoms with van der Waals surface area (Å²) in [5, 5.41) is 0. The molecule has 1 aromatic rings. The van der Waals surface area contributed by atoms with Gasteiger partial charge in [0.2, 0.25) is 0 Å². The summed E-state index contributed by atoms with van der Waals surface area (Å²) in [7, 11) is 0. The number of benzene rings is 1. The van der Waals surface area contributed by atoms with Gasteiger partial charge in [0.1, 0.15) is 0 Å². The zero-order valence-electron chi connectivity index (χ0n) is 11.2. The first-order valence-corrected chi connectivity index (χ1v) is 7.06. The summed E-state index contributed by atoms with van der Waals surface area (Å²) in [6.45, 7) is 2.35. The van der Waals surface area contributed by atoms with Gasteiger partial charge < -0.3 is 9.47 Å². The average molecular weight is 262 g/mol. The molecule has 4 nitrogen and oxygen atoms in total. The maximum atomic E-state index is 5.99. The Balaban J connectivity index is 1.76. The first-order valence-electron chi connectivity index (χ1n) is 7.06. The molecule has 1 spiro atoms. The van der Waals surface area contributed by atoms with E-state index in [4.69, 9.17) is 15.3 Å². The summed E-state index contributed by atoms with van der Waals surface area (Å²) in [5.41, 5.74) is 4.19. The van der Waals surface area contributed by atoms with Crippen molar-refractivity contribution in [3.8, 4) is 0 Å². The molecule has 0 saturated carbocycles. The van der Waals surface area contributed by atoms with Gasteiger partial charge in [0, 0.05) is 25.7 Å². The molecule has 2 aliphatic rings. The highest BCUT2D eigenvalue weighted by atomic mass is 16.6. The van der Waals surface area contributed by atoms with Gasteiger partial charge in [-0.1, -0.05) is 30.3 Å². The van der Waals surface area contributed by atoms with E-state index in [1.54, 1.807) is 0 Å². The Labute approximate surface area is 114 Å². The van der Waals surface area contributed by atoms with E-state index < -0.39 is 0 Å². The van der Waals surface area contributed by atoms with Gasteiger partial charge in [0.15, 0.2) is 0 Å². The summed E-state index contributed by atoms with van der Waals surface area (Å²) in [6.07, 6.45) is 3.08.